The fraction of sp³-hybridized carbons (Fsp3) is 0.100. The minimum Gasteiger partial charge on any atom is -0.265 e. The summed E-state index contributed by atoms with van der Waals surface area (Å²) in [5, 5.41) is 10.6. The molecular weight excluding hydrogens is 326 g/mol. The van der Waals surface area contributed by atoms with Crippen LogP contribution in [0.15, 0.2) is 34.8 Å². The minimum absolute atomic E-state index is 0.0637. The Morgan fingerprint density at radius 3 is 2.60 bits per heavy atom. The van der Waals surface area contributed by atoms with Crippen molar-refractivity contribution in [2.75, 3.05) is 0 Å². The van der Waals surface area contributed by atoms with Crippen LogP contribution in [0.2, 0.25) is 4.34 Å². The first-order chi connectivity index (χ1) is 9.40. The molecule has 0 bridgehead atoms. The molecule has 0 unspecified atom stereocenters. The van der Waals surface area contributed by atoms with E-state index in [0.29, 0.717) is 11.3 Å². The molecule has 1 N–H and O–H groups in total. The molecule has 0 saturated carbocycles. The highest BCUT2D eigenvalue weighted by Gasteiger charge is 2.24. The van der Waals surface area contributed by atoms with Crippen molar-refractivity contribution in [1.29, 1.82) is 0 Å². The number of nitro groups is 1. The summed E-state index contributed by atoms with van der Waals surface area (Å²) < 4.78 is 26.0. The van der Waals surface area contributed by atoms with Gasteiger partial charge in [0.1, 0.15) is 4.21 Å². The fourth-order valence-corrected chi connectivity index (χ4v) is 4.07. The predicted molar refractivity (Wildman–Crippen MR) is 74.2 cm³/mol. The molecule has 0 aliphatic carbocycles. The van der Waals surface area contributed by atoms with Gasteiger partial charge >= 0.3 is 0 Å². The molecule has 0 aliphatic rings. The average molecular weight is 334 g/mol. The van der Waals surface area contributed by atoms with Crippen LogP contribution in [0, 0.1) is 10.1 Å². The number of pyridine rings is 1. The van der Waals surface area contributed by atoms with Crippen molar-refractivity contribution >= 4 is 38.6 Å². The fourth-order valence-electron chi connectivity index (χ4n) is 1.35. The molecule has 0 amide bonds. The van der Waals surface area contributed by atoms with E-state index in [1.807, 2.05) is 0 Å². The Labute approximate surface area is 123 Å². The summed E-state index contributed by atoms with van der Waals surface area (Å²) in [6.45, 7) is 0.0637. The lowest BCUT2D eigenvalue weighted by Crippen LogP contribution is -2.22. The molecule has 2 aromatic heterocycles. The van der Waals surface area contributed by atoms with Gasteiger partial charge in [0.2, 0.25) is 0 Å². The number of aromatic nitrogens is 1. The Morgan fingerprint density at radius 2 is 2.05 bits per heavy atom. The third kappa shape index (κ3) is 3.31. The molecule has 2 heterocycles. The lowest BCUT2D eigenvalue weighted by Gasteiger charge is -2.03. The van der Waals surface area contributed by atoms with Gasteiger partial charge in [-0.1, -0.05) is 11.6 Å². The Hall–Kier alpha value is -1.55. The summed E-state index contributed by atoms with van der Waals surface area (Å²) in [5.74, 6) is 0. The third-order valence-electron chi connectivity index (χ3n) is 2.32. The molecule has 2 rings (SSSR count). The van der Waals surface area contributed by atoms with Crippen LogP contribution in [-0.2, 0) is 16.6 Å². The summed E-state index contributed by atoms with van der Waals surface area (Å²) in [5.41, 5.74) is 0.307. The maximum Gasteiger partial charge on any atom is 0.300 e. The van der Waals surface area contributed by atoms with Crippen molar-refractivity contribution in [2.45, 2.75) is 10.8 Å². The Bertz CT molecular complexity index is 730. The number of rotatable bonds is 5. The molecule has 0 atom stereocenters. The van der Waals surface area contributed by atoms with E-state index in [1.165, 1.54) is 12.4 Å². The van der Waals surface area contributed by atoms with Crippen LogP contribution in [-0.4, -0.2) is 18.3 Å². The van der Waals surface area contributed by atoms with Crippen LogP contribution in [0.3, 0.4) is 0 Å². The first-order valence-electron chi connectivity index (χ1n) is 5.22. The van der Waals surface area contributed by atoms with Crippen LogP contribution in [0.5, 0.6) is 0 Å². The molecule has 0 fully saturated rings. The SMILES string of the molecule is O=[N+]([O-])c1cc(S(=O)(=O)NCc2ccncc2)sc1Cl. The van der Waals surface area contributed by atoms with Gasteiger partial charge in [0.15, 0.2) is 4.34 Å². The third-order valence-corrected chi connectivity index (χ3v) is 5.54. The van der Waals surface area contributed by atoms with Crippen LogP contribution in [0.4, 0.5) is 5.69 Å². The molecular formula is C10H8ClN3O4S2. The molecule has 20 heavy (non-hydrogen) atoms. The summed E-state index contributed by atoms with van der Waals surface area (Å²) in [7, 11) is -3.83. The molecule has 10 heteroatoms. The van der Waals surface area contributed by atoms with E-state index in [-0.39, 0.29) is 15.1 Å². The van der Waals surface area contributed by atoms with Crippen LogP contribution in [0.25, 0.3) is 0 Å². The number of halogens is 1. The second kappa shape index (κ2) is 5.83. The molecule has 0 aromatic carbocycles. The largest absolute Gasteiger partial charge is 0.300 e. The lowest BCUT2D eigenvalue weighted by molar-refractivity contribution is -0.384. The molecule has 0 spiro atoms. The quantitative estimate of drug-likeness (QED) is 0.667. The van der Waals surface area contributed by atoms with E-state index >= 15 is 0 Å². The smallest absolute Gasteiger partial charge is 0.265 e. The highest BCUT2D eigenvalue weighted by molar-refractivity contribution is 7.91. The molecule has 2 aromatic rings. The first kappa shape index (κ1) is 14.9. The number of nitrogens with zero attached hydrogens (tertiary/aromatic N) is 2. The average Bonchev–Trinajstić information content (AvgIpc) is 2.81. The summed E-state index contributed by atoms with van der Waals surface area (Å²) >= 11 is 6.29. The number of sulfonamides is 1. The molecule has 0 aliphatic heterocycles. The molecule has 0 radical (unpaired) electrons. The zero-order valence-corrected chi connectivity index (χ0v) is 12.2. The normalized spacial score (nSPS) is 11.4. The summed E-state index contributed by atoms with van der Waals surface area (Å²) in [6.07, 6.45) is 3.08. The van der Waals surface area contributed by atoms with E-state index in [2.05, 4.69) is 9.71 Å². The summed E-state index contributed by atoms with van der Waals surface area (Å²) in [4.78, 5) is 13.7. The maximum atomic E-state index is 12.0. The van der Waals surface area contributed by atoms with Gasteiger partial charge in [-0.05, 0) is 17.7 Å². The second-order valence-corrected chi connectivity index (χ2v) is 7.31. The predicted octanol–water partition coefficient (Wildman–Crippen LogP) is 2.18. The topological polar surface area (TPSA) is 102 Å². The van der Waals surface area contributed by atoms with E-state index in [4.69, 9.17) is 11.6 Å². The van der Waals surface area contributed by atoms with Gasteiger partial charge in [0.05, 0.1) is 4.92 Å². The van der Waals surface area contributed by atoms with Crippen molar-refractivity contribution in [1.82, 2.24) is 9.71 Å². The van der Waals surface area contributed by atoms with Crippen LogP contribution < -0.4 is 4.72 Å². The lowest BCUT2D eigenvalue weighted by atomic mass is 10.3. The van der Waals surface area contributed by atoms with Gasteiger partial charge in [-0.15, -0.1) is 11.3 Å². The Kier molecular flexibility index (Phi) is 4.33. The van der Waals surface area contributed by atoms with Gasteiger partial charge in [-0.3, -0.25) is 15.1 Å². The Morgan fingerprint density at radius 1 is 1.40 bits per heavy atom. The van der Waals surface area contributed by atoms with E-state index < -0.39 is 20.6 Å². The van der Waals surface area contributed by atoms with Crippen molar-refractivity contribution in [3.63, 3.8) is 0 Å². The minimum atomic E-state index is -3.83. The number of hydrogen-bond donors (Lipinski definition) is 1. The van der Waals surface area contributed by atoms with Gasteiger partial charge in [-0.2, -0.15) is 0 Å². The monoisotopic (exact) mass is 333 g/mol. The number of nitrogens with one attached hydrogen (secondary N) is 1. The van der Waals surface area contributed by atoms with Crippen molar-refractivity contribution in [2.24, 2.45) is 0 Å². The number of hydrogen-bond acceptors (Lipinski definition) is 6. The van der Waals surface area contributed by atoms with Gasteiger partial charge < -0.3 is 0 Å². The van der Waals surface area contributed by atoms with E-state index in [9.17, 15) is 18.5 Å². The second-order valence-electron chi connectivity index (χ2n) is 3.66. The molecule has 0 saturated heterocycles. The van der Waals surface area contributed by atoms with Crippen LogP contribution in [0.1, 0.15) is 5.56 Å². The molecule has 7 nitrogen and oxygen atoms in total. The van der Waals surface area contributed by atoms with E-state index in [1.54, 1.807) is 12.1 Å². The van der Waals surface area contributed by atoms with Gasteiger partial charge in [0.25, 0.3) is 15.7 Å². The zero-order chi connectivity index (χ0) is 14.8. The summed E-state index contributed by atoms with van der Waals surface area (Å²) in [6, 6.07) is 4.26. The highest BCUT2D eigenvalue weighted by Crippen LogP contribution is 2.36. The first-order valence-corrected chi connectivity index (χ1v) is 7.90. The Balaban J connectivity index is 2.18. The van der Waals surface area contributed by atoms with Gasteiger partial charge in [-0.25, -0.2) is 13.1 Å². The van der Waals surface area contributed by atoms with Gasteiger partial charge in [0, 0.05) is 25.0 Å². The van der Waals surface area contributed by atoms with Crippen molar-refractivity contribution < 1.29 is 13.3 Å². The standard InChI is InChI=1S/C10H8ClN3O4S2/c11-10-8(14(15)16)5-9(19-10)20(17,18)13-6-7-1-3-12-4-2-7/h1-5,13H,6H2. The highest BCUT2D eigenvalue weighted by atomic mass is 35.5. The molecule has 106 valence electrons. The maximum absolute atomic E-state index is 12.0. The zero-order valence-electron chi connectivity index (χ0n) is 9.82. The van der Waals surface area contributed by atoms with Crippen molar-refractivity contribution in [3.8, 4) is 0 Å². The van der Waals surface area contributed by atoms with Crippen molar-refractivity contribution in [3.05, 3.63) is 50.6 Å². The number of thiophene rings is 1. The van der Waals surface area contributed by atoms with Crippen LogP contribution >= 0.6 is 22.9 Å². The van der Waals surface area contributed by atoms with E-state index in [0.717, 1.165) is 11.6 Å².